The Morgan fingerprint density at radius 3 is 2.78 bits per heavy atom. The monoisotopic (exact) mass is 501 g/mol. The van der Waals surface area contributed by atoms with Crippen LogP contribution in [0.1, 0.15) is 23.9 Å². The van der Waals surface area contributed by atoms with E-state index >= 15 is 0 Å². The van der Waals surface area contributed by atoms with Crippen molar-refractivity contribution in [1.29, 1.82) is 0 Å². The summed E-state index contributed by atoms with van der Waals surface area (Å²) in [6.45, 7) is 6.05. The predicted octanol–water partition coefficient (Wildman–Crippen LogP) is 3.54. The highest BCUT2D eigenvalue weighted by Gasteiger charge is 2.07. The van der Waals surface area contributed by atoms with Gasteiger partial charge in [0.25, 0.3) is 0 Å². The second-order valence-corrected chi connectivity index (χ2v) is 6.98. The molecule has 2 rings (SSSR count). The zero-order chi connectivity index (χ0) is 18.8. The molecule has 0 atom stereocenters. The van der Waals surface area contributed by atoms with Crippen molar-refractivity contribution in [1.82, 2.24) is 15.2 Å². The lowest BCUT2D eigenvalue weighted by Crippen LogP contribution is -2.40. The molecule has 0 aliphatic rings. The number of carbonyl (C=O) groups is 1. The van der Waals surface area contributed by atoms with Crippen molar-refractivity contribution in [3.05, 3.63) is 46.3 Å². The highest BCUT2D eigenvalue weighted by atomic mass is 127. The molecule has 0 saturated heterocycles. The van der Waals surface area contributed by atoms with Crippen LogP contribution in [0.4, 0.5) is 5.82 Å². The van der Waals surface area contributed by atoms with Gasteiger partial charge in [-0.25, -0.2) is 4.98 Å². The molecule has 0 bridgehead atoms. The fraction of sp³-hybridized carbons (Fsp3) is 0.421. The summed E-state index contributed by atoms with van der Waals surface area (Å²) in [5, 5.41) is 8.18. The molecule has 2 N–H and O–H groups in total. The number of aliphatic imine (C=N–C) groups is 1. The van der Waals surface area contributed by atoms with Crippen LogP contribution in [0.25, 0.3) is 0 Å². The summed E-state index contributed by atoms with van der Waals surface area (Å²) in [5.74, 6) is 1.33. The van der Waals surface area contributed by atoms with E-state index in [1.807, 2.05) is 33.0 Å². The number of guanidine groups is 1. The molecule has 0 aliphatic heterocycles. The van der Waals surface area contributed by atoms with Crippen molar-refractivity contribution in [3.8, 4) is 0 Å². The third-order valence-electron chi connectivity index (χ3n) is 3.73. The van der Waals surface area contributed by atoms with Crippen molar-refractivity contribution in [2.45, 2.75) is 26.7 Å². The molecule has 27 heavy (non-hydrogen) atoms. The van der Waals surface area contributed by atoms with Crippen molar-refractivity contribution in [2.75, 3.05) is 32.0 Å². The number of hydrogen-bond acceptors (Lipinski definition) is 4. The minimum Gasteiger partial charge on any atom is -0.357 e. The summed E-state index contributed by atoms with van der Waals surface area (Å²) in [7, 11) is 2.02. The largest absolute Gasteiger partial charge is 0.357 e. The molecule has 6 nitrogen and oxygen atoms in total. The summed E-state index contributed by atoms with van der Waals surface area (Å²) in [6.07, 6.45) is 1.31. The van der Waals surface area contributed by atoms with E-state index in [4.69, 9.17) is 0 Å². The summed E-state index contributed by atoms with van der Waals surface area (Å²) < 4.78 is 0. The number of halogens is 1. The molecule has 0 saturated carbocycles. The minimum absolute atomic E-state index is 0. The summed E-state index contributed by atoms with van der Waals surface area (Å²) in [5.41, 5.74) is 0.877. The standard InChI is InChI=1S/C19H27N5OS.HI/c1-4-20-19(24(3)13-11-16-8-6-14-26-16)21-12-10-18(25)23-17-9-5-7-15(2)22-17;/h5-9,14H,4,10-13H2,1-3H3,(H,20,21)(H,22,23,25);1H. The van der Waals surface area contributed by atoms with Gasteiger partial charge >= 0.3 is 0 Å². The summed E-state index contributed by atoms with van der Waals surface area (Å²) in [4.78, 5) is 24.4. The Morgan fingerprint density at radius 2 is 2.11 bits per heavy atom. The Kier molecular flexibility index (Phi) is 11.0. The molecule has 0 unspecified atom stereocenters. The van der Waals surface area contributed by atoms with E-state index in [0.717, 1.165) is 31.2 Å². The Hall–Kier alpha value is -1.68. The van der Waals surface area contributed by atoms with Crippen molar-refractivity contribution < 1.29 is 4.79 Å². The van der Waals surface area contributed by atoms with E-state index < -0.39 is 0 Å². The number of thiophene rings is 1. The Labute approximate surface area is 182 Å². The van der Waals surface area contributed by atoms with Crippen LogP contribution in [0.3, 0.4) is 0 Å². The first-order valence-electron chi connectivity index (χ1n) is 8.84. The van der Waals surface area contributed by atoms with E-state index in [1.165, 1.54) is 4.88 Å². The molecular formula is C19H28IN5OS. The van der Waals surface area contributed by atoms with E-state index in [0.29, 0.717) is 18.8 Å². The second kappa shape index (κ2) is 12.7. The Bertz CT molecular complexity index is 721. The number of nitrogens with one attached hydrogen (secondary N) is 2. The molecule has 0 aliphatic carbocycles. The van der Waals surface area contributed by atoms with Gasteiger partial charge in [0, 0.05) is 37.1 Å². The molecular weight excluding hydrogens is 473 g/mol. The van der Waals surface area contributed by atoms with Gasteiger partial charge in [-0.1, -0.05) is 12.1 Å². The van der Waals surface area contributed by atoms with Crippen molar-refractivity contribution >= 4 is 53.0 Å². The Morgan fingerprint density at radius 1 is 1.30 bits per heavy atom. The van der Waals surface area contributed by atoms with Crippen LogP contribution in [0.15, 0.2) is 40.7 Å². The number of nitrogens with zero attached hydrogens (tertiary/aromatic N) is 3. The van der Waals surface area contributed by atoms with Gasteiger partial charge < -0.3 is 15.5 Å². The SMILES string of the molecule is CCNC(=NCCC(=O)Nc1cccc(C)n1)N(C)CCc1cccs1.I. The van der Waals surface area contributed by atoms with Gasteiger partial charge in [0.2, 0.25) is 5.91 Å². The fourth-order valence-corrected chi connectivity index (χ4v) is 3.09. The average molecular weight is 501 g/mol. The molecule has 2 aromatic rings. The van der Waals surface area contributed by atoms with E-state index in [2.05, 4.69) is 43.0 Å². The van der Waals surface area contributed by atoms with Gasteiger partial charge in [-0.3, -0.25) is 9.79 Å². The number of aromatic nitrogens is 1. The molecule has 8 heteroatoms. The quantitative estimate of drug-likeness (QED) is 0.330. The zero-order valence-electron chi connectivity index (χ0n) is 16.1. The van der Waals surface area contributed by atoms with Crippen LogP contribution in [0.5, 0.6) is 0 Å². The molecule has 2 heterocycles. The number of hydrogen-bond donors (Lipinski definition) is 2. The molecule has 1 amide bonds. The fourth-order valence-electron chi connectivity index (χ4n) is 2.39. The highest BCUT2D eigenvalue weighted by molar-refractivity contribution is 14.0. The molecule has 148 valence electrons. The predicted molar refractivity (Wildman–Crippen MR) is 124 cm³/mol. The summed E-state index contributed by atoms with van der Waals surface area (Å²) >= 11 is 1.77. The van der Waals surface area contributed by atoms with E-state index in [9.17, 15) is 4.79 Å². The molecule has 0 spiro atoms. The van der Waals surface area contributed by atoms with Gasteiger partial charge in [-0.05, 0) is 43.8 Å². The lowest BCUT2D eigenvalue weighted by molar-refractivity contribution is -0.116. The normalized spacial score (nSPS) is 10.9. The maximum Gasteiger partial charge on any atom is 0.227 e. The third-order valence-corrected chi connectivity index (χ3v) is 4.66. The second-order valence-electron chi connectivity index (χ2n) is 5.95. The number of amides is 1. The molecule has 0 aromatic carbocycles. The van der Waals surface area contributed by atoms with Crippen LogP contribution in [0, 0.1) is 6.92 Å². The van der Waals surface area contributed by atoms with Crippen LogP contribution in [-0.4, -0.2) is 48.4 Å². The number of aryl methyl sites for hydroxylation is 1. The van der Waals surface area contributed by atoms with Gasteiger partial charge in [0.05, 0.1) is 6.54 Å². The first kappa shape index (κ1) is 23.4. The topological polar surface area (TPSA) is 69.6 Å². The lowest BCUT2D eigenvalue weighted by atomic mass is 10.3. The Balaban J connectivity index is 0.00000364. The van der Waals surface area contributed by atoms with Crippen molar-refractivity contribution in [3.63, 3.8) is 0 Å². The highest BCUT2D eigenvalue weighted by Crippen LogP contribution is 2.09. The van der Waals surface area contributed by atoms with Crippen molar-refractivity contribution in [2.24, 2.45) is 4.99 Å². The average Bonchev–Trinajstić information content (AvgIpc) is 3.12. The number of rotatable bonds is 8. The maximum absolute atomic E-state index is 12.1. The maximum atomic E-state index is 12.1. The smallest absolute Gasteiger partial charge is 0.227 e. The third kappa shape index (κ3) is 8.70. The van der Waals surface area contributed by atoms with Gasteiger partial charge in [0.1, 0.15) is 5.82 Å². The lowest BCUT2D eigenvalue weighted by Gasteiger charge is -2.21. The number of carbonyl (C=O) groups excluding carboxylic acids is 1. The zero-order valence-corrected chi connectivity index (χ0v) is 19.2. The molecule has 2 aromatic heterocycles. The first-order valence-corrected chi connectivity index (χ1v) is 9.71. The summed E-state index contributed by atoms with van der Waals surface area (Å²) in [6, 6.07) is 9.78. The van der Waals surface area contributed by atoms with Gasteiger partial charge in [0.15, 0.2) is 5.96 Å². The molecule has 0 radical (unpaired) electrons. The van der Waals surface area contributed by atoms with Gasteiger partial charge in [-0.15, -0.1) is 35.3 Å². The van der Waals surface area contributed by atoms with Crippen LogP contribution < -0.4 is 10.6 Å². The van der Waals surface area contributed by atoms with Gasteiger partial charge in [-0.2, -0.15) is 0 Å². The van der Waals surface area contributed by atoms with Crippen LogP contribution in [-0.2, 0) is 11.2 Å². The molecule has 0 fully saturated rings. The number of pyridine rings is 1. The number of anilines is 1. The van der Waals surface area contributed by atoms with E-state index in [1.54, 1.807) is 17.4 Å². The minimum atomic E-state index is -0.0797. The van der Waals surface area contributed by atoms with E-state index in [-0.39, 0.29) is 29.9 Å². The first-order chi connectivity index (χ1) is 12.6. The number of likely N-dealkylation sites (N-methyl/N-ethyl adjacent to an activating group) is 1. The van der Waals surface area contributed by atoms with Crippen LogP contribution >= 0.6 is 35.3 Å². The van der Waals surface area contributed by atoms with Crippen LogP contribution in [0.2, 0.25) is 0 Å².